The van der Waals surface area contributed by atoms with E-state index < -0.39 is 5.60 Å². The zero-order chi connectivity index (χ0) is 17.6. The minimum Gasteiger partial charge on any atom is -0.372 e. The minimum atomic E-state index is -0.468. The molecule has 23 heavy (non-hydrogen) atoms. The number of methoxy groups -OCH3 is 1. The smallest absolute Gasteiger partial charge is 0.266 e. The molecule has 0 spiro atoms. The topological polar surface area (TPSA) is 42.4 Å². The van der Waals surface area contributed by atoms with E-state index >= 15 is 0 Å². The van der Waals surface area contributed by atoms with Crippen LogP contribution in [-0.2, 0) is 10.3 Å². The van der Waals surface area contributed by atoms with Gasteiger partial charge < -0.3 is 9.64 Å². The molecule has 0 aromatic carbocycles. The average Bonchev–Trinajstić information content (AvgIpc) is 2.84. The van der Waals surface area contributed by atoms with Crippen molar-refractivity contribution in [1.29, 1.82) is 0 Å². The molecule has 5 heteroatoms. The van der Waals surface area contributed by atoms with Crippen LogP contribution in [0.4, 0.5) is 0 Å². The lowest BCUT2D eigenvalue weighted by atomic mass is 9.76. The Bertz CT molecular complexity index is 602. The van der Waals surface area contributed by atoms with Crippen molar-refractivity contribution in [3.05, 3.63) is 15.6 Å². The lowest BCUT2D eigenvalue weighted by Gasteiger charge is -2.48. The molecule has 0 unspecified atom stereocenters. The van der Waals surface area contributed by atoms with Crippen molar-refractivity contribution < 1.29 is 9.53 Å². The number of thiazole rings is 1. The van der Waals surface area contributed by atoms with Gasteiger partial charge in [0, 0.05) is 19.2 Å². The van der Waals surface area contributed by atoms with Crippen molar-refractivity contribution in [3.63, 3.8) is 0 Å². The van der Waals surface area contributed by atoms with Crippen molar-refractivity contribution in [2.75, 3.05) is 13.7 Å². The van der Waals surface area contributed by atoms with Crippen LogP contribution in [0.2, 0.25) is 0 Å². The quantitative estimate of drug-likeness (QED) is 0.821. The van der Waals surface area contributed by atoms with Crippen LogP contribution in [0.5, 0.6) is 0 Å². The van der Waals surface area contributed by atoms with Gasteiger partial charge in [-0.2, -0.15) is 0 Å². The number of hydrogen-bond donors (Lipinski definition) is 0. The molecular formula is C18H30N2O2S. The Balaban J connectivity index is 2.36. The van der Waals surface area contributed by atoms with E-state index in [0.717, 1.165) is 35.0 Å². The molecule has 0 saturated carbocycles. The van der Waals surface area contributed by atoms with Gasteiger partial charge in [0.1, 0.15) is 15.5 Å². The monoisotopic (exact) mass is 338 g/mol. The largest absolute Gasteiger partial charge is 0.372 e. The van der Waals surface area contributed by atoms with Crippen molar-refractivity contribution in [2.45, 2.75) is 72.4 Å². The van der Waals surface area contributed by atoms with Gasteiger partial charge >= 0.3 is 0 Å². The predicted octanol–water partition coefficient (Wildman–Crippen LogP) is 4.37. The third kappa shape index (κ3) is 3.61. The Morgan fingerprint density at radius 2 is 1.87 bits per heavy atom. The van der Waals surface area contributed by atoms with E-state index in [0.29, 0.717) is 0 Å². The Morgan fingerprint density at radius 1 is 1.26 bits per heavy atom. The van der Waals surface area contributed by atoms with Crippen LogP contribution in [-0.4, -0.2) is 35.0 Å². The van der Waals surface area contributed by atoms with E-state index in [4.69, 9.17) is 4.74 Å². The highest BCUT2D eigenvalue weighted by molar-refractivity contribution is 7.14. The molecule has 0 atom stereocenters. The van der Waals surface area contributed by atoms with E-state index in [1.165, 1.54) is 11.3 Å². The summed E-state index contributed by atoms with van der Waals surface area (Å²) in [6, 6.07) is 0. The van der Waals surface area contributed by atoms with E-state index in [9.17, 15) is 4.79 Å². The first-order valence-corrected chi connectivity index (χ1v) is 9.06. The number of amides is 1. The molecule has 1 fully saturated rings. The summed E-state index contributed by atoms with van der Waals surface area (Å²) in [6.07, 6.45) is 2.17. The van der Waals surface area contributed by atoms with Gasteiger partial charge in [0.25, 0.3) is 5.91 Å². The van der Waals surface area contributed by atoms with Crippen LogP contribution in [0, 0.1) is 12.3 Å². The molecule has 2 rings (SSSR count). The number of hydrogen-bond acceptors (Lipinski definition) is 4. The molecule has 1 aromatic heterocycles. The number of carbonyl (C=O) groups excluding carboxylic acids is 1. The third-order valence-corrected chi connectivity index (χ3v) is 6.44. The number of likely N-dealkylation sites (tertiary alicyclic amines) is 1. The molecule has 130 valence electrons. The first kappa shape index (κ1) is 18.4. The standard InChI is InChI=1S/C18H30N2O2S/c1-12-13(23-15(19-12)18(6,7)22-8)14(21)20-11-16(2,3)9-10-17(20,4)5/h9-11H2,1-8H3. The Kier molecular flexibility index (Phi) is 4.68. The lowest BCUT2D eigenvalue weighted by Crippen LogP contribution is -2.55. The number of aryl methyl sites for hydroxylation is 1. The molecular weight excluding hydrogens is 308 g/mol. The maximum Gasteiger partial charge on any atom is 0.266 e. The molecule has 1 aliphatic rings. The Morgan fingerprint density at radius 3 is 2.43 bits per heavy atom. The third-order valence-electron chi connectivity index (χ3n) is 4.99. The Hall–Kier alpha value is -0.940. The maximum absolute atomic E-state index is 13.2. The summed E-state index contributed by atoms with van der Waals surface area (Å²) in [4.78, 5) is 20.6. The number of carbonyl (C=O) groups is 1. The molecule has 1 aromatic rings. The summed E-state index contributed by atoms with van der Waals surface area (Å²) in [5, 5.41) is 0.856. The van der Waals surface area contributed by atoms with Gasteiger partial charge in [0.15, 0.2) is 0 Å². The van der Waals surface area contributed by atoms with Gasteiger partial charge in [-0.15, -0.1) is 11.3 Å². The van der Waals surface area contributed by atoms with Gasteiger partial charge in [-0.1, -0.05) is 13.8 Å². The second kappa shape index (κ2) is 5.85. The second-order valence-corrected chi connectivity index (χ2v) is 9.52. The highest BCUT2D eigenvalue weighted by Gasteiger charge is 2.42. The molecule has 0 N–H and O–H groups in total. The number of nitrogens with zero attached hydrogens (tertiary/aromatic N) is 2. The molecule has 1 saturated heterocycles. The highest BCUT2D eigenvalue weighted by atomic mass is 32.1. The lowest BCUT2D eigenvalue weighted by molar-refractivity contribution is 0.0128. The van der Waals surface area contributed by atoms with E-state index in [-0.39, 0.29) is 16.9 Å². The number of rotatable bonds is 3. The Labute approximate surface area is 144 Å². The fourth-order valence-electron chi connectivity index (χ4n) is 2.91. The number of ether oxygens (including phenoxy) is 1. The maximum atomic E-state index is 13.2. The van der Waals surface area contributed by atoms with Gasteiger partial charge in [0.05, 0.1) is 5.69 Å². The first-order chi connectivity index (χ1) is 10.4. The van der Waals surface area contributed by atoms with Gasteiger partial charge in [-0.3, -0.25) is 4.79 Å². The van der Waals surface area contributed by atoms with Crippen LogP contribution in [0.15, 0.2) is 0 Å². The molecule has 0 aliphatic carbocycles. The van der Waals surface area contributed by atoms with Gasteiger partial charge in [-0.25, -0.2) is 4.98 Å². The second-order valence-electron chi connectivity index (χ2n) is 8.52. The zero-order valence-corrected chi connectivity index (χ0v) is 16.6. The van der Waals surface area contributed by atoms with Crippen molar-refractivity contribution in [1.82, 2.24) is 9.88 Å². The van der Waals surface area contributed by atoms with Gasteiger partial charge in [-0.05, 0) is 52.9 Å². The SMILES string of the molecule is COC(C)(C)c1nc(C)c(C(=O)N2CC(C)(C)CCC2(C)C)s1. The van der Waals surface area contributed by atoms with Crippen LogP contribution >= 0.6 is 11.3 Å². The highest BCUT2D eigenvalue weighted by Crippen LogP contribution is 2.39. The summed E-state index contributed by atoms with van der Waals surface area (Å²) < 4.78 is 5.51. The summed E-state index contributed by atoms with van der Waals surface area (Å²) in [7, 11) is 1.68. The summed E-state index contributed by atoms with van der Waals surface area (Å²) in [5.41, 5.74) is 0.391. The first-order valence-electron chi connectivity index (χ1n) is 8.25. The molecule has 2 heterocycles. The fraction of sp³-hybridized carbons (Fsp3) is 0.778. The van der Waals surface area contributed by atoms with Crippen LogP contribution < -0.4 is 0 Å². The van der Waals surface area contributed by atoms with E-state index in [2.05, 4.69) is 32.7 Å². The minimum absolute atomic E-state index is 0.107. The normalized spacial score (nSPS) is 20.6. The predicted molar refractivity (Wildman–Crippen MR) is 95.0 cm³/mol. The summed E-state index contributed by atoms with van der Waals surface area (Å²) >= 11 is 1.47. The molecule has 0 radical (unpaired) electrons. The summed E-state index contributed by atoms with van der Waals surface area (Å²) in [5.74, 6) is 0.107. The van der Waals surface area contributed by atoms with Crippen LogP contribution in [0.25, 0.3) is 0 Å². The fourth-order valence-corrected chi connectivity index (χ4v) is 4.01. The average molecular weight is 339 g/mol. The molecule has 1 amide bonds. The van der Waals surface area contributed by atoms with Crippen molar-refractivity contribution >= 4 is 17.2 Å². The number of aromatic nitrogens is 1. The van der Waals surface area contributed by atoms with Crippen molar-refractivity contribution in [3.8, 4) is 0 Å². The van der Waals surface area contributed by atoms with Crippen LogP contribution in [0.3, 0.4) is 0 Å². The van der Waals surface area contributed by atoms with Gasteiger partial charge in [0.2, 0.25) is 0 Å². The molecule has 0 bridgehead atoms. The van der Waals surface area contributed by atoms with Crippen LogP contribution in [0.1, 0.15) is 74.8 Å². The summed E-state index contributed by atoms with van der Waals surface area (Å²) in [6.45, 7) is 15.5. The molecule has 4 nitrogen and oxygen atoms in total. The van der Waals surface area contributed by atoms with E-state index in [1.807, 2.05) is 25.7 Å². The van der Waals surface area contributed by atoms with Crippen molar-refractivity contribution in [2.24, 2.45) is 5.41 Å². The zero-order valence-electron chi connectivity index (χ0n) is 15.7. The molecule has 1 aliphatic heterocycles. The van der Waals surface area contributed by atoms with E-state index in [1.54, 1.807) is 7.11 Å². The number of piperidine rings is 1.